The van der Waals surface area contributed by atoms with Gasteiger partial charge < -0.3 is 11.1 Å². The minimum atomic E-state index is 0.183. The van der Waals surface area contributed by atoms with Crippen molar-refractivity contribution in [2.24, 2.45) is 23.5 Å². The smallest absolute Gasteiger partial charge is 0.220 e. The molecule has 1 amide bonds. The van der Waals surface area contributed by atoms with Crippen molar-refractivity contribution in [1.82, 2.24) is 5.32 Å². The maximum atomic E-state index is 12.1. The molecule has 0 heterocycles. The van der Waals surface area contributed by atoms with Crippen LogP contribution in [0.3, 0.4) is 0 Å². The highest BCUT2D eigenvalue weighted by Gasteiger charge is 2.40. The van der Waals surface area contributed by atoms with E-state index in [0.717, 1.165) is 31.1 Å². The van der Waals surface area contributed by atoms with Crippen molar-refractivity contribution in [3.05, 3.63) is 0 Å². The van der Waals surface area contributed by atoms with Crippen LogP contribution in [0, 0.1) is 17.8 Å². The Bertz CT molecular complexity index is 312. The molecule has 5 atom stereocenters. The second kappa shape index (κ2) is 5.20. The van der Waals surface area contributed by atoms with Crippen molar-refractivity contribution in [3.8, 4) is 0 Å². The highest BCUT2D eigenvalue weighted by molar-refractivity contribution is 5.76. The number of rotatable bonds is 3. The Morgan fingerprint density at radius 3 is 2.61 bits per heavy atom. The van der Waals surface area contributed by atoms with Gasteiger partial charge in [-0.2, -0.15) is 0 Å². The molecule has 3 aliphatic rings. The standard InChI is InChI=1S/C15H26N2O/c16-13-3-1-2-4-14(13)17-15(18)9-12-8-10-5-6-11(12)7-10/h10-14H,1-9,16H2,(H,17,18). The monoisotopic (exact) mass is 250 g/mol. The molecule has 3 N–H and O–H groups in total. The zero-order valence-electron chi connectivity index (χ0n) is 11.2. The van der Waals surface area contributed by atoms with E-state index >= 15 is 0 Å². The molecule has 0 spiro atoms. The Morgan fingerprint density at radius 2 is 1.94 bits per heavy atom. The summed E-state index contributed by atoms with van der Waals surface area (Å²) in [7, 11) is 0. The molecule has 18 heavy (non-hydrogen) atoms. The Hall–Kier alpha value is -0.570. The molecule has 0 aromatic carbocycles. The number of fused-ring (bicyclic) bond motifs is 2. The SMILES string of the molecule is NC1CCCCC1NC(=O)CC1CC2CCC1C2. The summed E-state index contributed by atoms with van der Waals surface area (Å²) in [6.45, 7) is 0. The molecule has 0 radical (unpaired) electrons. The highest BCUT2D eigenvalue weighted by Crippen LogP contribution is 2.49. The van der Waals surface area contributed by atoms with Gasteiger partial charge in [0.2, 0.25) is 5.91 Å². The summed E-state index contributed by atoms with van der Waals surface area (Å²) >= 11 is 0. The van der Waals surface area contributed by atoms with E-state index in [-0.39, 0.29) is 18.0 Å². The first-order valence-corrected chi connectivity index (χ1v) is 7.77. The van der Waals surface area contributed by atoms with Gasteiger partial charge >= 0.3 is 0 Å². The number of amides is 1. The van der Waals surface area contributed by atoms with Crippen LogP contribution in [-0.4, -0.2) is 18.0 Å². The molecule has 5 unspecified atom stereocenters. The molecule has 102 valence electrons. The first-order valence-electron chi connectivity index (χ1n) is 7.77. The molecule has 3 saturated carbocycles. The lowest BCUT2D eigenvalue weighted by Gasteiger charge is -2.30. The van der Waals surface area contributed by atoms with Crippen LogP contribution in [0.4, 0.5) is 0 Å². The Labute approximate surface area is 110 Å². The van der Waals surface area contributed by atoms with Gasteiger partial charge in [-0.05, 0) is 49.9 Å². The third-order valence-corrected chi connectivity index (χ3v) is 5.50. The van der Waals surface area contributed by atoms with Crippen molar-refractivity contribution in [1.29, 1.82) is 0 Å². The largest absolute Gasteiger partial charge is 0.352 e. The minimum Gasteiger partial charge on any atom is -0.352 e. The molecule has 0 aromatic heterocycles. The summed E-state index contributed by atoms with van der Waals surface area (Å²) < 4.78 is 0. The van der Waals surface area contributed by atoms with Gasteiger partial charge in [-0.25, -0.2) is 0 Å². The van der Waals surface area contributed by atoms with Crippen LogP contribution in [-0.2, 0) is 4.79 Å². The molecule has 3 rings (SSSR count). The number of nitrogens with two attached hydrogens (primary N) is 1. The normalized spacial score (nSPS) is 43.1. The van der Waals surface area contributed by atoms with Crippen molar-refractivity contribution < 1.29 is 4.79 Å². The van der Waals surface area contributed by atoms with E-state index in [4.69, 9.17) is 5.73 Å². The molecule has 3 aliphatic carbocycles. The van der Waals surface area contributed by atoms with E-state index in [1.165, 1.54) is 38.5 Å². The molecule has 0 aromatic rings. The number of hydrogen-bond donors (Lipinski definition) is 2. The average molecular weight is 250 g/mol. The van der Waals surface area contributed by atoms with Gasteiger partial charge in [-0.3, -0.25) is 4.79 Å². The summed E-state index contributed by atoms with van der Waals surface area (Å²) in [6.07, 6.45) is 10.8. The quantitative estimate of drug-likeness (QED) is 0.807. The van der Waals surface area contributed by atoms with Crippen LogP contribution < -0.4 is 11.1 Å². The Balaban J connectivity index is 1.47. The van der Waals surface area contributed by atoms with Crippen molar-refractivity contribution in [2.75, 3.05) is 0 Å². The first-order chi connectivity index (χ1) is 8.72. The van der Waals surface area contributed by atoms with E-state index in [0.29, 0.717) is 5.92 Å². The van der Waals surface area contributed by atoms with E-state index in [1.54, 1.807) is 0 Å². The first kappa shape index (κ1) is 12.5. The van der Waals surface area contributed by atoms with Crippen LogP contribution >= 0.6 is 0 Å². The van der Waals surface area contributed by atoms with Gasteiger partial charge in [-0.15, -0.1) is 0 Å². The number of carbonyl (C=O) groups excluding carboxylic acids is 1. The lowest BCUT2D eigenvalue weighted by molar-refractivity contribution is -0.123. The van der Waals surface area contributed by atoms with E-state index < -0.39 is 0 Å². The third-order valence-electron chi connectivity index (χ3n) is 5.50. The van der Waals surface area contributed by atoms with Crippen LogP contribution in [0.2, 0.25) is 0 Å². The topological polar surface area (TPSA) is 55.1 Å². The fourth-order valence-electron chi connectivity index (χ4n) is 4.47. The van der Waals surface area contributed by atoms with Crippen LogP contribution in [0.1, 0.15) is 57.8 Å². The molecule has 2 bridgehead atoms. The van der Waals surface area contributed by atoms with E-state index in [9.17, 15) is 4.79 Å². The van der Waals surface area contributed by atoms with Crippen molar-refractivity contribution >= 4 is 5.91 Å². The fraction of sp³-hybridized carbons (Fsp3) is 0.933. The summed E-state index contributed by atoms with van der Waals surface area (Å²) in [5.74, 6) is 2.71. The molecule has 3 fully saturated rings. The number of carbonyl (C=O) groups is 1. The summed E-state index contributed by atoms with van der Waals surface area (Å²) in [6, 6.07) is 0.424. The lowest BCUT2D eigenvalue weighted by Crippen LogP contribution is -2.49. The average Bonchev–Trinajstić information content (AvgIpc) is 2.94. The maximum Gasteiger partial charge on any atom is 0.220 e. The predicted molar refractivity (Wildman–Crippen MR) is 71.9 cm³/mol. The van der Waals surface area contributed by atoms with Gasteiger partial charge in [0.05, 0.1) is 0 Å². The van der Waals surface area contributed by atoms with Gasteiger partial charge in [0.25, 0.3) is 0 Å². The molecular formula is C15H26N2O. The molecule has 0 aliphatic heterocycles. The van der Waals surface area contributed by atoms with Gasteiger partial charge in [0.15, 0.2) is 0 Å². The molecular weight excluding hydrogens is 224 g/mol. The second-order valence-electron chi connectivity index (χ2n) is 6.76. The predicted octanol–water partition coefficient (Wildman–Crippen LogP) is 2.20. The zero-order valence-corrected chi connectivity index (χ0v) is 11.2. The van der Waals surface area contributed by atoms with Crippen molar-refractivity contribution in [3.63, 3.8) is 0 Å². The minimum absolute atomic E-state index is 0.183. The van der Waals surface area contributed by atoms with Crippen LogP contribution in [0.25, 0.3) is 0 Å². The van der Waals surface area contributed by atoms with Gasteiger partial charge in [-0.1, -0.05) is 19.3 Å². The third kappa shape index (κ3) is 2.56. The number of hydrogen-bond acceptors (Lipinski definition) is 2. The lowest BCUT2D eigenvalue weighted by atomic mass is 9.85. The summed E-state index contributed by atoms with van der Waals surface area (Å²) in [5.41, 5.74) is 6.08. The van der Waals surface area contributed by atoms with Crippen LogP contribution in [0.5, 0.6) is 0 Å². The molecule has 3 nitrogen and oxygen atoms in total. The summed E-state index contributed by atoms with van der Waals surface area (Å²) in [5, 5.41) is 3.19. The molecule has 3 heteroatoms. The van der Waals surface area contributed by atoms with Gasteiger partial charge in [0.1, 0.15) is 0 Å². The second-order valence-corrected chi connectivity index (χ2v) is 6.76. The van der Waals surface area contributed by atoms with E-state index in [1.807, 2.05) is 0 Å². The maximum absolute atomic E-state index is 12.1. The van der Waals surface area contributed by atoms with Gasteiger partial charge in [0, 0.05) is 18.5 Å². The van der Waals surface area contributed by atoms with E-state index in [2.05, 4.69) is 5.32 Å². The fourth-order valence-corrected chi connectivity index (χ4v) is 4.47. The molecule has 0 saturated heterocycles. The van der Waals surface area contributed by atoms with Crippen molar-refractivity contribution in [2.45, 2.75) is 69.9 Å². The summed E-state index contributed by atoms with van der Waals surface area (Å²) in [4.78, 5) is 12.1. The highest BCUT2D eigenvalue weighted by atomic mass is 16.1. The Kier molecular flexibility index (Phi) is 3.60. The van der Waals surface area contributed by atoms with Crippen LogP contribution in [0.15, 0.2) is 0 Å². The number of nitrogens with one attached hydrogen (secondary N) is 1. The Morgan fingerprint density at radius 1 is 1.11 bits per heavy atom. The zero-order chi connectivity index (χ0) is 12.5.